The molecule has 0 bridgehead atoms. The zero-order valence-corrected chi connectivity index (χ0v) is 11.6. The molecular formula is C12H21N3OS. The Bertz CT molecular complexity index is 347. The second-order valence-electron chi connectivity index (χ2n) is 4.92. The van der Waals surface area contributed by atoms with Crippen molar-refractivity contribution < 1.29 is 4.74 Å². The minimum atomic E-state index is 0.340. The Kier molecular flexibility index (Phi) is 4.48. The summed E-state index contributed by atoms with van der Waals surface area (Å²) in [5, 5.41) is 7.69. The van der Waals surface area contributed by atoms with Crippen LogP contribution in [0.2, 0.25) is 0 Å². The second-order valence-corrected chi connectivity index (χ2v) is 5.71. The lowest BCUT2D eigenvalue weighted by atomic mass is 9.91. The van der Waals surface area contributed by atoms with Crippen molar-refractivity contribution in [1.29, 1.82) is 0 Å². The van der Waals surface area contributed by atoms with Crippen LogP contribution in [0.25, 0.3) is 0 Å². The van der Waals surface area contributed by atoms with Gasteiger partial charge in [0.15, 0.2) is 0 Å². The van der Waals surface area contributed by atoms with Gasteiger partial charge in [-0.15, -0.1) is 5.10 Å². The van der Waals surface area contributed by atoms with Crippen LogP contribution in [0.15, 0.2) is 0 Å². The second kappa shape index (κ2) is 5.89. The highest BCUT2D eigenvalue weighted by Crippen LogP contribution is 2.34. The molecule has 0 aromatic carbocycles. The van der Waals surface area contributed by atoms with E-state index in [2.05, 4.69) is 28.8 Å². The summed E-state index contributed by atoms with van der Waals surface area (Å²) < 4.78 is 9.71. The first kappa shape index (κ1) is 12.9. The molecular weight excluding hydrogens is 234 g/mol. The zero-order valence-electron chi connectivity index (χ0n) is 10.8. The Labute approximate surface area is 107 Å². The van der Waals surface area contributed by atoms with Crippen LogP contribution in [0.4, 0.5) is 0 Å². The molecule has 5 heteroatoms. The molecule has 1 fully saturated rings. The van der Waals surface area contributed by atoms with E-state index in [0.29, 0.717) is 17.9 Å². The lowest BCUT2D eigenvalue weighted by molar-refractivity contribution is 0.0405. The third-order valence-electron chi connectivity index (χ3n) is 3.35. The molecule has 2 atom stereocenters. The van der Waals surface area contributed by atoms with Crippen LogP contribution in [-0.2, 0) is 4.74 Å². The van der Waals surface area contributed by atoms with Crippen molar-refractivity contribution in [3.63, 3.8) is 0 Å². The summed E-state index contributed by atoms with van der Waals surface area (Å²) >= 11 is 1.53. The maximum atomic E-state index is 5.59. The van der Waals surface area contributed by atoms with Gasteiger partial charge in [-0.25, -0.2) is 0 Å². The number of rotatable bonds is 4. The maximum Gasteiger partial charge on any atom is 0.0829 e. The Balaban J connectivity index is 2.18. The fraction of sp³-hybridized carbons (Fsp3) is 0.833. The van der Waals surface area contributed by atoms with E-state index in [4.69, 9.17) is 4.74 Å². The standard InChI is InChI=1S/C12H21N3OS/c1-8(2)10-12(17-15-14-10)11(13-3)9-5-4-6-16-7-9/h8-9,11,13H,4-7H2,1-3H3. The molecule has 0 radical (unpaired) electrons. The zero-order chi connectivity index (χ0) is 12.3. The molecule has 2 rings (SSSR count). The lowest BCUT2D eigenvalue weighted by Crippen LogP contribution is -2.31. The molecule has 1 aromatic rings. The van der Waals surface area contributed by atoms with Gasteiger partial charge in [0, 0.05) is 18.6 Å². The fourth-order valence-electron chi connectivity index (χ4n) is 2.43. The third-order valence-corrected chi connectivity index (χ3v) is 4.17. The molecule has 1 N–H and O–H groups in total. The quantitative estimate of drug-likeness (QED) is 0.897. The van der Waals surface area contributed by atoms with Gasteiger partial charge < -0.3 is 10.1 Å². The number of aromatic nitrogens is 2. The summed E-state index contributed by atoms with van der Waals surface area (Å²) in [4.78, 5) is 1.29. The highest BCUT2D eigenvalue weighted by Gasteiger charge is 2.29. The van der Waals surface area contributed by atoms with E-state index >= 15 is 0 Å². The Hall–Kier alpha value is -0.520. The first-order valence-corrected chi connectivity index (χ1v) is 7.08. The van der Waals surface area contributed by atoms with Crippen LogP contribution in [0.1, 0.15) is 49.2 Å². The number of nitrogens with zero attached hydrogens (tertiary/aromatic N) is 2. The molecule has 4 nitrogen and oxygen atoms in total. The molecule has 2 unspecified atom stereocenters. The Morgan fingerprint density at radius 3 is 2.88 bits per heavy atom. The number of hydrogen-bond donors (Lipinski definition) is 1. The van der Waals surface area contributed by atoms with E-state index < -0.39 is 0 Å². The van der Waals surface area contributed by atoms with Crippen molar-refractivity contribution in [3.05, 3.63) is 10.6 Å². The molecule has 96 valence electrons. The van der Waals surface area contributed by atoms with E-state index in [9.17, 15) is 0 Å². The molecule has 0 spiro atoms. The lowest BCUT2D eigenvalue weighted by Gasteiger charge is -2.29. The van der Waals surface area contributed by atoms with Crippen molar-refractivity contribution in [1.82, 2.24) is 14.9 Å². The van der Waals surface area contributed by atoms with Gasteiger partial charge in [0.1, 0.15) is 0 Å². The number of hydrogen-bond acceptors (Lipinski definition) is 5. The highest BCUT2D eigenvalue weighted by molar-refractivity contribution is 7.05. The SMILES string of the molecule is CNC(c1snnc1C(C)C)C1CCCOC1. The van der Waals surface area contributed by atoms with Crippen LogP contribution < -0.4 is 5.32 Å². The molecule has 1 aliphatic rings. The van der Waals surface area contributed by atoms with Crippen molar-refractivity contribution >= 4 is 11.5 Å². The molecule has 0 saturated carbocycles. The van der Waals surface area contributed by atoms with Crippen LogP contribution in [0.3, 0.4) is 0 Å². The van der Waals surface area contributed by atoms with Crippen LogP contribution in [-0.4, -0.2) is 29.8 Å². The summed E-state index contributed by atoms with van der Waals surface area (Å²) in [5.41, 5.74) is 1.14. The highest BCUT2D eigenvalue weighted by atomic mass is 32.1. The van der Waals surface area contributed by atoms with Gasteiger partial charge in [-0.1, -0.05) is 18.3 Å². The van der Waals surface area contributed by atoms with Crippen molar-refractivity contribution in [2.75, 3.05) is 20.3 Å². The monoisotopic (exact) mass is 255 g/mol. The minimum Gasteiger partial charge on any atom is -0.381 e. The summed E-state index contributed by atoms with van der Waals surface area (Å²) in [6.45, 7) is 6.10. The van der Waals surface area contributed by atoms with E-state index in [1.807, 2.05) is 7.05 Å². The normalized spacial score (nSPS) is 22.9. The predicted octanol–water partition coefficient (Wildman–Crippen LogP) is 2.35. The van der Waals surface area contributed by atoms with Gasteiger partial charge in [0.2, 0.25) is 0 Å². The third kappa shape index (κ3) is 2.84. The van der Waals surface area contributed by atoms with Crippen LogP contribution in [0.5, 0.6) is 0 Å². The van der Waals surface area contributed by atoms with Gasteiger partial charge in [0.05, 0.1) is 17.2 Å². The van der Waals surface area contributed by atoms with Crippen molar-refractivity contribution in [2.45, 2.75) is 38.6 Å². The van der Waals surface area contributed by atoms with Gasteiger partial charge >= 0.3 is 0 Å². The largest absolute Gasteiger partial charge is 0.381 e. The summed E-state index contributed by atoms with van der Waals surface area (Å²) in [6, 6.07) is 0.340. The molecule has 1 aliphatic heterocycles. The maximum absolute atomic E-state index is 5.59. The number of nitrogens with one attached hydrogen (secondary N) is 1. The van der Waals surface area contributed by atoms with Gasteiger partial charge in [-0.05, 0) is 37.3 Å². The van der Waals surface area contributed by atoms with Gasteiger partial charge in [-0.3, -0.25) is 0 Å². The summed E-state index contributed by atoms with van der Waals surface area (Å²) in [7, 11) is 2.02. The molecule has 0 amide bonds. The van der Waals surface area contributed by atoms with E-state index in [1.54, 1.807) is 0 Å². The van der Waals surface area contributed by atoms with E-state index in [1.165, 1.54) is 22.8 Å². The van der Waals surface area contributed by atoms with E-state index in [0.717, 1.165) is 25.3 Å². The first-order chi connectivity index (χ1) is 8.24. The Morgan fingerprint density at radius 1 is 1.47 bits per heavy atom. The van der Waals surface area contributed by atoms with Crippen LogP contribution >= 0.6 is 11.5 Å². The molecule has 0 aliphatic carbocycles. The molecule has 17 heavy (non-hydrogen) atoms. The summed E-state index contributed by atoms with van der Waals surface area (Å²) in [6.07, 6.45) is 2.38. The average molecular weight is 255 g/mol. The topological polar surface area (TPSA) is 47.0 Å². The summed E-state index contributed by atoms with van der Waals surface area (Å²) in [5.74, 6) is 0.984. The Morgan fingerprint density at radius 2 is 2.29 bits per heavy atom. The minimum absolute atomic E-state index is 0.340. The van der Waals surface area contributed by atoms with Crippen LogP contribution in [0, 0.1) is 5.92 Å². The molecule has 1 saturated heterocycles. The molecule has 1 aromatic heterocycles. The van der Waals surface area contributed by atoms with E-state index in [-0.39, 0.29) is 0 Å². The average Bonchev–Trinajstić information content (AvgIpc) is 2.81. The van der Waals surface area contributed by atoms with Gasteiger partial charge in [-0.2, -0.15) is 0 Å². The number of ether oxygens (including phenoxy) is 1. The van der Waals surface area contributed by atoms with Gasteiger partial charge in [0.25, 0.3) is 0 Å². The van der Waals surface area contributed by atoms with Crippen molar-refractivity contribution in [3.8, 4) is 0 Å². The fourth-order valence-corrected chi connectivity index (χ4v) is 3.44. The predicted molar refractivity (Wildman–Crippen MR) is 69.3 cm³/mol. The molecule has 2 heterocycles. The smallest absolute Gasteiger partial charge is 0.0829 e. The van der Waals surface area contributed by atoms with Crippen molar-refractivity contribution in [2.24, 2.45) is 5.92 Å². The first-order valence-electron chi connectivity index (χ1n) is 6.31.